The Morgan fingerprint density at radius 1 is 1.07 bits per heavy atom. The predicted octanol–water partition coefficient (Wildman–Crippen LogP) is 7.06. The van der Waals surface area contributed by atoms with Crippen molar-refractivity contribution in [2.45, 2.75) is 123 Å². The van der Waals surface area contributed by atoms with E-state index in [1.165, 1.54) is 32.7 Å². The van der Waals surface area contributed by atoms with Crippen LogP contribution in [-0.4, -0.2) is 46.5 Å². The Morgan fingerprint density at radius 3 is 2.40 bits per heavy atom. The first-order valence-corrected chi connectivity index (χ1v) is 17.0. The second-order valence-electron chi connectivity index (χ2n) is 14.3. The van der Waals surface area contributed by atoms with Crippen LogP contribution < -0.4 is 0 Å². The fourth-order valence-corrected chi connectivity index (χ4v) is 11.2. The van der Waals surface area contributed by atoms with Crippen LogP contribution in [0, 0.1) is 63.2 Å². The lowest BCUT2D eigenvalue weighted by Crippen LogP contribution is -2.63. The number of carbonyl (C=O) groups is 2. The van der Waals surface area contributed by atoms with E-state index < -0.39 is 17.1 Å². The zero-order chi connectivity index (χ0) is 30.4. The van der Waals surface area contributed by atoms with Crippen molar-refractivity contribution in [3.8, 4) is 0 Å². The highest BCUT2D eigenvalue weighted by Crippen LogP contribution is 2.70. The molecule has 4 fully saturated rings. The lowest BCUT2D eigenvalue weighted by molar-refractivity contribution is -0.197. The molecule has 6 heteroatoms. The molecule has 1 aromatic carbocycles. The van der Waals surface area contributed by atoms with Gasteiger partial charge in [0.05, 0.1) is 18.0 Å². The van der Waals surface area contributed by atoms with E-state index in [0.29, 0.717) is 12.2 Å². The van der Waals surface area contributed by atoms with Gasteiger partial charge in [0.25, 0.3) is 0 Å². The zero-order valence-corrected chi connectivity index (χ0v) is 27.5. The van der Waals surface area contributed by atoms with Crippen LogP contribution in [0.1, 0.15) is 87.1 Å². The summed E-state index contributed by atoms with van der Waals surface area (Å²) >= 11 is 1.64. The number of hydrogen-bond acceptors (Lipinski definition) is 6. The normalized spacial score (nSPS) is 40.3. The van der Waals surface area contributed by atoms with Crippen LogP contribution in [0.5, 0.6) is 0 Å². The van der Waals surface area contributed by atoms with Crippen molar-refractivity contribution in [2.24, 2.45) is 28.6 Å². The third-order valence-corrected chi connectivity index (χ3v) is 13.8. The first kappa shape index (κ1) is 30.3. The first-order valence-electron chi connectivity index (χ1n) is 16.0. The molecule has 0 aromatic heterocycles. The molecule has 6 rings (SSSR count). The Balaban J connectivity index is 1.36. The third kappa shape index (κ3) is 4.07. The van der Waals surface area contributed by atoms with Gasteiger partial charge in [-0.1, -0.05) is 38.8 Å². The second kappa shape index (κ2) is 10.4. The number of allylic oxidation sites excluding steroid dienone is 4. The summed E-state index contributed by atoms with van der Waals surface area (Å²) in [6.45, 7) is 17.4. The van der Waals surface area contributed by atoms with Crippen molar-refractivity contribution in [1.82, 2.24) is 0 Å². The van der Waals surface area contributed by atoms with Crippen LogP contribution in [0.4, 0.5) is 0 Å². The molecule has 0 bridgehead atoms. The van der Waals surface area contributed by atoms with Gasteiger partial charge >= 0.3 is 0 Å². The van der Waals surface area contributed by atoms with E-state index in [0.717, 1.165) is 37.7 Å². The van der Waals surface area contributed by atoms with E-state index in [9.17, 15) is 14.7 Å². The van der Waals surface area contributed by atoms with Crippen molar-refractivity contribution in [2.75, 3.05) is 5.75 Å². The molecule has 0 amide bonds. The first-order chi connectivity index (χ1) is 19.8. The van der Waals surface area contributed by atoms with Crippen molar-refractivity contribution < 1.29 is 24.2 Å². The Labute approximate surface area is 255 Å². The number of rotatable bonds is 6. The molecule has 42 heavy (non-hydrogen) atoms. The van der Waals surface area contributed by atoms with Gasteiger partial charge < -0.3 is 14.6 Å². The molecule has 1 heterocycles. The average Bonchev–Trinajstić information content (AvgIpc) is 3.43. The summed E-state index contributed by atoms with van der Waals surface area (Å²) in [7, 11) is 0. The maximum Gasteiger partial charge on any atom is 0.178 e. The van der Waals surface area contributed by atoms with Crippen LogP contribution in [0.15, 0.2) is 28.7 Å². The summed E-state index contributed by atoms with van der Waals surface area (Å²) in [5.41, 5.74) is 5.60. The number of aliphatic hydroxyl groups is 1. The smallest absolute Gasteiger partial charge is 0.178 e. The fourth-order valence-electron chi connectivity index (χ4n) is 9.93. The molecule has 1 N–H and O–H groups in total. The molecule has 6 unspecified atom stereocenters. The van der Waals surface area contributed by atoms with E-state index in [1.54, 1.807) is 23.9 Å². The number of fused-ring (bicyclic) bond motifs is 7. The molecular weight excluding hydrogens is 544 g/mol. The molecule has 228 valence electrons. The Bertz CT molecular complexity index is 1360. The van der Waals surface area contributed by atoms with E-state index in [4.69, 9.17) is 9.47 Å². The van der Waals surface area contributed by atoms with Crippen LogP contribution >= 0.6 is 11.8 Å². The van der Waals surface area contributed by atoms with Crippen molar-refractivity contribution in [1.29, 1.82) is 0 Å². The molecule has 0 spiro atoms. The molecular formula is C36H48O5S. The molecule has 1 saturated heterocycles. The Morgan fingerprint density at radius 2 is 1.74 bits per heavy atom. The Hall–Kier alpha value is -1.73. The summed E-state index contributed by atoms with van der Waals surface area (Å²) in [6, 6.07) is 0. The van der Waals surface area contributed by atoms with E-state index in [2.05, 4.69) is 55.4 Å². The van der Waals surface area contributed by atoms with Gasteiger partial charge in [-0.2, -0.15) is 0 Å². The summed E-state index contributed by atoms with van der Waals surface area (Å²) in [6.07, 6.45) is 8.94. The third-order valence-electron chi connectivity index (χ3n) is 12.5. The average molecular weight is 593 g/mol. The van der Waals surface area contributed by atoms with Gasteiger partial charge in [-0.3, -0.25) is 9.59 Å². The minimum atomic E-state index is -1.07. The molecule has 4 aliphatic carbocycles. The van der Waals surface area contributed by atoms with Gasteiger partial charge in [0, 0.05) is 21.6 Å². The minimum Gasteiger partial charge on any atom is -0.393 e. The maximum absolute atomic E-state index is 14.7. The lowest BCUT2D eigenvalue weighted by atomic mass is 9.46. The van der Waals surface area contributed by atoms with Crippen LogP contribution in [-0.2, 0) is 19.1 Å². The van der Waals surface area contributed by atoms with Gasteiger partial charge in [-0.05, 0) is 119 Å². The molecule has 9 atom stereocenters. The summed E-state index contributed by atoms with van der Waals surface area (Å²) in [4.78, 5) is 28.1. The van der Waals surface area contributed by atoms with Crippen molar-refractivity contribution >= 4 is 23.3 Å². The zero-order valence-electron chi connectivity index (χ0n) is 26.6. The maximum atomic E-state index is 14.7. The topological polar surface area (TPSA) is 72.8 Å². The minimum absolute atomic E-state index is 0.00975. The van der Waals surface area contributed by atoms with E-state index in [-0.39, 0.29) is 47.1 Å². The fraction of sp³-hybridized carbons (Fsp3) is 0.667. The second-order valence-corrected chi connectivity index (χ2v) is 15.3. The molecule has 3 saturated carbocycles. The van der Waals surface area contributed by atoms with E-state index in [1.807, 2.05) is 6.08 Å². The van der Waals surface area contributed by atoms with Gasteiger partial charge in [-0.25, -0.2) is 0 Å². The highest BCUT2D eigenvalue weighted by Gasteiger charge is 2.75. The lowest BCUT2D eigenvalue weighted by Gasteiger charge is -2.59. The molecule has 5 aliphatic rings. The van der Waals surface area contributed by atoms with Crippen LogP contribution in [0.25, 0.3) is 0 Å². The number of Topliss-reactive ketones (excluding diaryl/α,β-unsaturated/α-hetero) is 1. The molecule has 5 nitrogen and oxygen atoms in total. The standard InChI is InChI=1S/C36H48O5S/c1-9-10-31-40-30-16-27-26-12-11-24-15-25(37)13-14-34(24,7)32(26)28(38)17-35(27,8)36(30,41-31)29(39)18-42-33-22(5)20(3)19(2)21(4)23(33)6/h13-15,26-28,30-32,38H,9-12,16-18H2,1-8H3/t26?,27?,28-,30+,31?,32?,34?,35?,36+/m0/s1. The van der Waals surface area contributed by atoms with Crippen LogP contribution in [0.3, 0.4) is 0 Å². The molecule has 1 aliphatic heterocycles. The van der Waals surface area contributed by atoms with Gasteiger partial charge in [0.2, 0.25) is 0 Å². The largest absolute Gasteiger partial charge is 0.393 e. The Kier molecular flexibility index (Phi) is 7.52. The molecule has 0 radical (unpaired) electrons. The van der Waals surface area contributed by atoms with Crippen LogP contribution in [0.2, 0.25) is 0 Å². The number of ketones is 2. The number of aliphatic hydroxyl groups excluding tert-OH is 1. The quantitative estimate of drug-likeness (QED) is 0.357. The summed E-state index contributed by atoms with van der Waals surface area (Å²) < 4.78 is 13.5. The van der Waals surface area contributed by atoms with Gasteiger partial charge in [0.1, 0.15) is 0 Å². The number of carbonyl (C=O) groups excluding carboxylic acids is 2. The number of thioether (sulfide) groups is 1. The molecule has 1 aromatic rings. The predicted molar refractivity (Wildman–Crippen MR) is 167 cm³/mol. The monoisotopic (exact) mass is 592 g/mol. The van der Waals surface area contributed by atoms with Crippen molar-refractivity contribution in [3.63, 3.8) is 0 Å². The van der Waals surface area contributed by atoms with Gasteiger partial charge in [0.15, 0.2) is 23.5 Å². The summed E-state index contributed by atoms with van der Waals surface area (Å²) in [5.74, 6) is 0.906. The van der Waals surface area contributed by atoms with Gasteiger partial charge in [-0.15, -0.1) is 11.8 Å². The SMILES string of the molecule is CCCC1O[C@@H]2CC3C4CCC5=CC(=O)C=CC5(C)C4[C@@H](O)CC3(C)[C@]2(C(=O)CSc2c(C)c(C)c(C)c(C)c2C)O1. The van der Waals surface area contributed by atoms with E-state index >= 15 is 0 Å². The highest BCUT2D eigenvalue weighted by molar-refractivity contribution is 8.00. The number of hydrogen-bond donors (Lipinski definition) is 1. The highest BCUT2D eigenvalue weighted by atomic mass is 32.2. The number of ether oxygens (including phenoxy) is 2. The van der Waals surface area contributed by atoms with Crippen molar-refractivity contribution in [3.05, 3.63) is 51.6 Å². The summed E-state index contributed by atoms with van der Waals surface area (Å²) in [5, 5.41) is 12.0. The number of benzene rings is 1.